The topological polar surface area (TPSA) is 50.2 Å². The number of ketones is 1. The van der Waals surface area contributed by atoms with Crippen LogP contribution in [0.4, 0.5) is 0 Å². The van der Waals surface area contributed by atoms with Gasteiger partial charge >= 0.3 is 0 Å². The number of carbonyl (C=O) groups is 1. The molecular weight excluding hydrogens is 687 g/mol. The van der Waals surface area contributed by atoms with E-state index in [1.807, 2.05) is 33.9 Å². The fraction of sp³-hybridized carbons (Fsp3) is 0.486. The largest absolute Gasteiger partial charge is 0.512 e. The molecule has 0 atom stereocenters. The van der Waals surface area contributed by atoms with Crippen molar-refractivity contribution >= 4 is 24.6 Å². The Bertz CT molecular complexity index is 1240. The van der Waals surface area contributed by atoms with Gasteiger partial charge < -0.3 is 5.11 Å². The number of rotatable bonds is 11. The van der Waals surface area contributed by atoms with Crippen LogP contribution < -0.4 is 0 Å². The summed E-state index contributed by atoms with van der Waals surface area (Å²) in [4.78, 5) is 16.3. The average molecular weight is 737 g/mol. The minimum absolute atomic E-state index is 0. The van der Waals surface area contributed by atoms with Gasteiger partial charge in [-0.1, -0.05) is 102 Å². The molecule has 40 heavy (non-hydrogen) atoms. The Morgan fingerprint density at radius 2 is 1.55 bits per heavy atom. The van der Waals surface area contributed by atoms with Crippen molar-refractivity contribution in [1.29, 1.82) is 0 Å². The summed E-state index contributed by atoms with van der Waals surface area (Å²) in [6.07, 6.45) is 6.85. The molecule has 0 saturated carbocycles. The van der Waals surface area contributed by atoms with Gasteiger partial charge in [-0.05, 0) is 43.7 Å². The molecule has 0 saturated heterocycles. The van der Waals surface area contributed by atoms with Gasteiger partial charge in [0.25, 0.3) is 0 Å². The quantitative estimate of drug-likeness (QED) is 0.0923. The number of aromatic nitrogens is 1. The summed E-state index contributed by atoms with van der Waals surface area (Å²) in [5, 5.41) is 12.2. The van der Waals surface area contributed by atoms with Crippen LogP contribution >= 0.6 is 0 Å². The number of benzene rings is 2. The molecule has 0 aliphatic heterocycles. The molecule has 0 aliphatic rings. The predicted molar refractivity (Wildman–Crippen MR) is 171 cm³/mol. The molecule has 5 heteroatoms. The third-order valence-electron chi connectivity index (χ3n) is 7.35. The SMILES string of the molecule is CC(C)c1cc(-c2cc(C[Si](C)(C)C)ccn2)[c-]c2ccccc12.CCC(CC)C(=O)/C=C(\O)C(CC)CC.[Ir]. The molecule has 0 amide bonds. The van der Waals surface area contributed by atoms with Crippen molar-refractivity contribution in [2.45, 2.75) is 98.8 Å². The Morgan fingerprint density at radius 1 is 0.950 bits per heavy atom. The Labute approximate surface area is 258 Å². The molecule has 0 unspecified atom stereocenters. The standard InChI is InChI=1S/C22H26NSi.C13H24O2.Ir/c1-16(2)21-14-19(13-18-8-6-7-9-20(18)21)22-12-17(10-11-23-22)15-24(3,4)5;1-5-10(6-2)12(14)9-13(15)11(7-3)8-4;/h6-12,14,16H,15H2,1-5H3;9-11,14H,5-8H2,1-4H3;/q-1;;/b;12-9-;. The molecule has 0 bridgehead atoms. The summed E-state index contributed by atoms with van der Waals surface area (Å²) in [6.45, 7) is 19.8. The molecule has 3 nitrogen and oxygen atoms in total. The number of fused-ring (bicyclic) bond motifs is 1. The maximum atomic E-state index is 11.7. The molecular formula is C35H50IrNO2Si-. The molecule has 3 aromatic rings. The van der Waals surface area contributed by atoms with Crippen molar-refractivity contribution in [3.63, 3.8) is 0 Å². The number of hydrogen-bond acceptors (Lipinski definition) is 3. The number of pyridine rings is 1. The minimum Gasteiger partial charge on any atom is -0.512 e. The van der Waals surface area contributed by atoms with E-state index in [9.17, 15) is 9.90 Å². The van der Waals surface area contributed by atoms with Crippen LogP contribution in [0.3, 0.4) is 0 Å². The van der Waals surface area contributed by atoms with Crippen LogP contribution in [0, 0.1) is 17.9 Å². The second kappa shape index (κ2) is 17.0. The number of carbonyl (C=O) groups excluding carboxylic acids is 1. The van der Waals surface area contributed by atoms with Gasteiger partial charge in [-0.3, -0.25) is 9.78 Å². The van der Waals surface area contributed by atoms with E-state index < -0.39 is 8.07 Å². The number of aliphatic hydroxyl groups is 1. The maximum absolute atomic E-state index is 11.7. The molecule has 3 rings (SSSR count). The third kappa shape index (κ3) is 10.7. The summed E-state index contributed by atoms with van der Waals surface area (Å²) >= 11 is 0. The molecule has 1 N–H and O–H groups in total. The van der Waals surface area contributed by atoms with Gasteiger partial charge in [0.05, 0.1) is 5.76 Å². The Hall–Kier alpha value is -2.07. The van der Waals surface area contributed by atoms with Crippen molar-refractivity contribution < 1.29 is 30.0 Å². The Kier molecular flexibility index (Phi) is 15.3. The normalized spacial score (nSPS) is 11.9. The van der Waals surface area contributed by atoms with Crippen molar-refractivity contribution in [2.24, 2.45) is 11.8 Å². The van der Waals surface area contributed by atoms with Gasteiger partial charge in [-0.25, -0.2) is 0 Å². The van der Waals surface area contributed by atoms with Gasteiger partial charge in [0.1, 0.15) is 0 Å². The third-order valence-corrected chi connectivity index (χ3v) is 8.81. The van der Waals surface area contributed by atoms with Crippen LogP contribution in [0.25, 0.3) is 22.0 Å². The van der Waals surface area contributed by atoms with Crippen LogP contribution in [0.2, 0.25) is 19.6 Å². The van der Waals surface area contributed by atoms with Gasteiger partial charge in [-0.2, -0.15) is 0 Å². The van der Waals surface area contributed by atoms with E-state index >= 15 is 0 Å². The maximum Gasteiger partial charge on any atom is 0.162 e. The van der Waals surface area contributed by atoms with E-state index in [0.29, 0.717) is 5.92 Å². The van der Waals surface area contributed by atoms with E-state index in [0.717, 1.165) is 36.9 Å². The average Bonchev–Trinajstić information content (AvgIpc) is 2.89. The number of nitrogens with zero attached hydrogens (tertiary/aromatic N) is 1. The zero-order valence-corrected chi connectivity index (χ0v) is 29.5. The van der Waals surface area contributed by atoms with Crippen LogP contribution in [0.1, 0.15) is 84.3 Å². The predicted octanol–water partition coefficient (Wildman–Crippen LogP) is 10.1. The van der Waals surface area contributed by atoms with Gasteiger partial charge in [0.2, 0.25) is 0 Å². The molecule has 2 aromatic carbocycles. The minimum atomic E-state index is -1.13. The first-order valence-corrected chi connectivity index (χ1v) is 18.5. The summed E-state index contributed by atoms with van der Waals surface area (Å²) in [7, 11) is -1.13. The van der Waals surface area contributed by atoms with Gasteiger partial charge in [0.15, 0.2) is 5.78 Å². The monoisotopic (exact) mass is 737 g/mol. The number of aliphatic hydroxyl groups excluding tert-OH is 1. The second-order valence-electron chi connectivity index (χ2n) is 12.1. The molecule has 0 aliphatic carbocycles. The molecule has 1 radical (unpaired) electrons. The van der Waals surface area contributed by atoms with Crippen molar-refractivity contribution in [1.82, 2.24) is 4.98 Å². The van der Waals surface area contributed by atoms with Crippen LogP contribution in [0.15, 0.2) is 60.5 Å². The van der Waals surface area contributed by atoms with E-state index in [4.69, 9.17) is 0 Å². The van der Waals surface area contributed by atoms with Crippen LogP contribution in [0.5, 0.6) is 0 Å². The molecule has 1 heterocycles. The first-order valence-electron chi connectivity index (χ1n) is 14.8. The number of allylic oxidation sites excluding steroid dienone is 2. The van der Waals surface area contributed by atoms with Crippen molar-refractivity contribution in [3.05, 3.63) is 77.7 Å². The second-order valence-corrected chi connectivity index (χ2v) is 17.6. The van der Waals surface area contributed by atoms with E-state index in [1.54, 1.807) is 0 Å². The summed E-state index contributed by atoms with van der Waals surface area (Å²) < 4.78 is 0. The van der Waals surface area contributed by atoms with Crippen molar-refractivity contribution in [2.75, 3.05) is 0 Å². The fourth-order valence-electron chi connectivity index (χ4n) is 5.00. The van der Waals surface area contributed by atoms with E-state index in [-0.39, 0.29) is 43.5 Å². The van der Waals surface area contributed by atoms with E-state index in [1.165, 1.54) is 34.0 Å². The first kappa shape index (κ1) is 36.0. The molecule has 0 fully saturated rings. The Balaban J connectivity index is 0.000000437. The number of hydrogen-bond donors (Lipinski definition) is 1. The zero-order valence-electron chi connectivity index (χ0n) is 26.1. The summed E-state index contributed by atoms with van der Waals surface area (Å²) in [6, 6.07) is 20.0. The zero-order chi connectivity index (χ0) is 29.2. The van der Waals surface area contributed by atoms with Crippen LogP contribution in [-0.2, 0) is 30.9 Å². The Morgan fingerprint density at radius 3 is 2.10 bits per heavy atom. The smallest absolute Gasteiger partial charge is 0.162 e. The molecule has 221 valence electrons. The fourth-order valence-corrected chi connectivity index (χ4v) is 6.44. The van der Waals surface area contributed by atoms with Crippen molar-refractivity contribution in [3.8, 4) is 11.3 Å². The first-order chi connectivity index (χ1) is 18.4. The van der Waals surface area contributed by atoms with Crippen LogP contribution in [-0.4, -0.2) is 23.9 Å². The van der Waals surface area contributed by atoms with Gasteiger partial charge in [0, 0.05) is 58.0 Å². The van der Waals surface area contributed by atoms with Gasteiger partial charge in [-0.15, -0.1) is 29.1 Å². The molecule has 1 aromatic heterocycles. The summed E-state index contributed by atoms with van der Waals surface area (Å²) in [5.74, 6) is 1.03. The summed E-state index contributed by atoms with van der Waals surface area (Å²) in [5.41, 5.74) is 4.91. The molecule has 0 spiro atoms. The van der Waals surface area contributed by atoms with E-state index in [2.05, 4.69) is 87.0 Å².